The van der Waals surface area contributed by atoms with Crippen molar-refractivity contribution in [3.8, 4) is 5.75 Å². The van der Waals surface area contributed by atoms with E-state index in [1.807, 2.05) is 12.1 Å². The topological polar surface area (TPSA) is 127 Å². The Morgan fingerprint density at radius 3 is 2.51 bits per heavy atom. The van der Waals surface area contributed by atoms with Crippen LogP contribution in [0.25, 0.3) is 6.08 Å². The van der Waals surface area contributed by atoms with Gasteiger partial charge in [-0.05, 0) is 92.4 Å². The lowest BCUT2D eigenvalue weighted by atomic mass is 9.95. The van der Waals surface area contributed by atoms with Crippen molar-refractivity contribution in [1.82, 2.24) is 25.8 Å². The molecule has 0 saturated heterocycles. The first-order chi connectivity index (χ1) is 23.8. The number of unbranched alkanes of at least 4 members (excludes halogenated alkanes) is 1. The van der Waals surface area contributed by atoms with Gasteiger partial charge in [0.05, 0.1) is 17.0 Å². The minimum absolute atomic E-state index is 0.00121. The number of aromatic hydroxyl groups is 1. The van der Waals surface area contributed by atoms with Crippen LogP contribution in [0.5, 0.6) is 5.75 Å². The molecule has 49 heavy (non-hydrogen) atoms. The van der Waals surface area contributed by atoms with Gasteiger partial charge in [0, 0.05) is 66.5 Å². The zero-order chi connectivity index (χ0) is 34.8. The molecule has 3 atom stereocenters. The number of H-pyrrole nitrogens is 1. The smallest absolute Gasteiger partial charge is 0.129 e. The van der Waals surface area contributed by atoms with Gasteiger partial charge in [0.2, 0.25) is 0 Å². The van der Waals surface area contributed by atoms with Crippen LogP contribution in [0.15, 0.2) is 101 Å². The summed E-state index contributed by atoms with van der Waals surface area (Å²) in [6, 6.07) is 14.0. The van der Waals surface area contributed by atoms with Gasteiger partial charge >= 0.3 is 0 Å². The fourth-order valence-electron chi connectivity index (χ4n) is 6.79. The van der Waals surface area contributed by atoms with Crippen molar-refractivity contribution < 1.29 is 5.11 Å². The number of phenols is 1. The lowest BCUT2D eigenvalue weighted by Gasteiger charge is -2.38. The Bertz CT molecular complexity index is 1630. The van der Waals surface area contributed by atoms with E-state index in [4.69, 9.17) is 18.0 Å². The van der Waals surface area contributed by atoms with Gasteiger partial charge in [0.15, 0.2) is 0 Å². The Morgan fingerprint density at radius 2 is 1.69 bits per heavy atom. The van der Waals surface area contributed by atoms with Crippen LogP contribution in [0.3, 0.4) is 0 Å². The number of benzene rings is 2. The van der Waals surface area contributed by atoms with Crippen LogP contribution in [0.1, 0.15) is 66.5 Å². The fraction of sp³-hybridized carbons (Fsp3) is 0.400. The van der Waals surface area contributed by atoms with Gasteiger partial charge < -0.3 is 42.4 Å². The number of aromatic nitrogens is 1. The Balaban J connectivity index is 1.54. The molecular formula is C40H55N7OS. The molecule has 0 radical (unpaired) electrons. The molecule has 262 valence electrons. The van der Waals surface area contributed by atoms with Gasteiger partial charge in [-0.15, -0.1) is 0 Å². The third-order valence-electron chi connectivity index (χ3n) is 9.80. The maximum atomic E-state index is 11.1. The number of phenolic OH excluding ortho intramolecular Hbond substituents is 1. The standard InChI is InChI=1S/C40H55N7OS/c1-27-34(18-12-22-42)44-24-30-13-5-8-20-39(30)49-40-31(14-11-19-38(40)48)25-43-28(2)37(23-32-26-45-36-17-7-6-15-33(32)36)47(4)29(3)35(46-27)16-9-10-21-41/h5-6,8,11,13-15,19-20,26,34-35,37,43-46,48H,1-3,7,9-10,12,16-18,21-25,41-42H2,4H3. The number of aryl methyl sites for hydroxylation is 1. The van der Waals surface area contributed by atoms with Gasteiger partial charge in [-0.1, -0.05) is 74.0 Å². The number of allylic oxidation sites excluding steroid dienone is 1. The van der Waals surface area contributed by atoms with Crippen molar-refractivity contribution in [3.05, 3.63) is 120 Å². The summed E-state index contributed by atoms with van der Waals surface area (Å²) in [6.07, 6.45) is 14.0. The molecular weight excluding hydrogens is 627 g/mol. The van der Waals surface area contributed by atoms with Crippen LogP contribution in [0.2, 0.25) is 0 Å². The highest BCUT2D eigenvalue weighted by molar-refractivity contribution is 7.99. The maximum absolute atomic E-state index is 11.1. The number of nitrogens with two attached hydrogens (primary N) is 2. The summed E-state index contributed by atoms with van der Waals surface area (Å²) in [5, 5.41) is 22.4. The van der Waals surface area contributed by atoms with E-state index in [1.165, 1.54) is 16.8 Å². The third-order valence-corrected chi connectivity index (χ3v) is 11.1. The van der Waals surface area contributed by atoms with Crippen LogP contribution < -0.4 is 27.4 Å². The summed E-state index contributed by atoms with van der Waals surface area (Å²) in [5.74, 6) is 0.266. The molecule has 0 saturated carbocycles. The fourth-order valence-corrected chi connectivity index (χ4v) is 7.87. The van der Waals surface area contributed by atoms with Crippen molar-refractivity contribution in [2.45, 2.75) is 92.4 Å². The largest absolute Gasteiger partial charge is 0.507 e. The minimum Gasteiger partial charge on any atom is -0.507 e. The number of likely N-dealkylation sites (N-methyl/N-ethyl adjacent to an activating group) is 1. The second-order valence-corrected chi connectivity index (χ2v) is 14.2. The molecule has 2 heterocycles. The summed E-state index contributed by atoms with van der Waals surface area (Å²) in [7, 11) is 2.12. The van der Waals surface area contributed by atoms with Crippen molar-refractivity contribution in [1.29, 1.82) is 0 Å². The number of nitrogens with one attached hydrogen (secondary N) is 4. The zero-order valence-corrected chi connectivity index (χ0v) is 29.9. The summed E-state index contributed by atoms with van der Waals surface area (Å²) in [4.78, 5) is 7.74. The van der Waals surface area contributed by atoms with Gasteiger partial charge in [-0.2, -0.15) is 0 Å². The van der Waals surface area contributed by atoms with E-state index in [1.54, 1.807) is 17.8 Å². The van der Waals surface area contributed by atoms with E-state index < -0.39 is 0 Å². The second kappa shape index (κ2) is 17.7. The highest BCUT2D eigenvalue weighted by Gasteiger charge is 2.28. The molecule has 9 heteroatoms. The summed E-state index contributed by atoms with van der Waals surface area (Å²) < 4.78 is 0. The minimum atomic E-state index is -0.0919. The SMILES string of the molecule is C=C1NC(CCCCN)C(=C)N(C)C(Cc2c[nH]c3c2C=CCC3)C(=C)NCc2cccc(O)c2Sc2ccccc2CNC1CCCN. The average molecular weight is 682 g/mol. The molecule has 8 nitrogen and oxygen atoms in total. The Kier molecular flexibility index (Phi) is 13.1. The van der Waals surface area contributed by atoms with Gasteiger partial charge in [0.1, 0.15) is 5.75 Å². The summed E-state index contributed by atoms with van der Waals surface area (Å²) in [5.41, 5.74) is 20.7. The lowest BCUT2D eigenvalue weighted by molar-refractivity contribution is 0.290. The van der Waals surface area contributed by atoms with E-state index in [0.29, 0.717) is 26.2 Å². The van der Waals surface area contributed by atoms with E-state index in [9.17, 15) is 5.11 Å². The molecule has 0 amide bonds. The van der Waals surface area contributed by atoms with Crippen molar-refractivity contribution in [3.63, 3.8) is 0 Å². The zero-order valence-electron chi connectivity index (χ0n) is 29.1. The third kappa shape index (κ3) is 9.22. The number of nitrogens with zero attached hydrogens (tertiary/aromatic N) is 1. The molecule has 0 spiro atoms. The summed E-state index contributed by atoms with van der Waals surface area (Å²) >= 11 is 1.60. The Labute approximate surface area is 297 Å². The van der Waals surface area contributed by atoms with Gasteiger partial charge in [0.25, 0.3) is 0 Å². The summed E-state index contributed by atoms with van der Waals surface area (Å²) in [6.45, 7) is 16.3. The molecule has 9 N–H and O–H groups in total. The molecule has 2 aliphatic rings. The number of aromatic amines is 1. The lowest BCUT2D eigenvalue weighted by Crippen LogP contribution is -2.46. The van der Waals surface area contributed by atoms with Crippen molar-refractivity contribution in [2.24, 2.45) is 11.5 Å². The van der Waals surface area contributed by atoms with Crippen molar-refractivity contribution in [2.75, 3.05) is 20.1 Å². The molecule has 1 aliphatic carbocycles. The van der Waals surface area contributed by atoms with Gasteiger partial charge in [-0.25, -0.2) is 0 Å². The second-order valence-electron chi connectivity index (χ2n) is 13.2. The number of fused-ring (bicyclic) bond motifs is 3. The van der Waals surface area contributed by atoms with Gasteiger partial charge in [-0.3, -0.25) is 0 Å². The number of hydrogen-bond acceptors (Lipinski definition) is 8. The molecule has 0 fully saturated rings. The first-order valence-corrected chi connectivity index (χ1v) is 18.5. The number of hydrogen-bond donors (Lipinski definition) is 7. The van der Waals surface area contributed by atoms with Crippen LogP contribution in [0, 0.1) is 0 Å². The van der Waals surface area contributed by atoms with Crippen LogP contribution in [0.4, 0.5) is 0 Å². The van der Waals surface area contributed by atoms with E-state index in [-0.39, 0.29) is 23.9 Å². The maximum Gasteiger partial charge on any atom is 0.129 e. The van der Waals surface area contributed by atoms with E-state index in [0.717, 1.165) is 89.4 Å². The molecule has 5 rings (SSSR count). The van der Waals surface area contributed by atoms with Crippen LogP contribution >= 0.6 is 11.8 Å². The van der Waals surface area contributed by atoms with E-state index >= 15 is 0 Å². The molecule has 2 aromatic carbocycles. The van der Waals surface area contributed by atoms with Crippen LogP contribution in [-0.4, -0.2) is 53.3 Å². The van der Waals surface area contributed by atoms with E-state index in [2.05, 4.69) is 88.7 Å². The van der Waals surface area contributed by atoms with Crippen LogP contribution in [-0.2, 0) is 25.9 Å². The highest BCUT2D eigenvalue weighted by Crippen LogP contribution is 2.39. The molecule has 3 aromatic rings. The molecule has 3 unspecified atom stereocenters. The Hall–Kier alpha value is -3.89. The normalized spacial score (nSPS) is 20.5. The van der Waals surface area contributed by atoms with Crippen molar-refractivity contribution >= 4 is 17.8 Å². The molecule has 1 aliphatic heterocycles. The predicted molar refractivity (Wildman–Crippen MR) is 205 cm³/mol. The quantitative estimate of drug-likeness (QED) is 0.131. The molecule has 1 aromatic heterocycles. The number of rotatable bonds is 9. The highest BCUT2D eigenvalue weighted by atomic mass is 32.2. The molecule has 0 bridgehead atoms. The average Bonchev–Trinajstić information content (AvgIpc) is 3.52. The monoisotopic (exact) mass is 681 g/mol. The predicted octanol–water partition coefficient (Wildman–Crippen LogP) is 6.30. The Morgan fingerprint density at radius 1 is 0.918 bits per heavy atom. The first kappa shape index (κ1) is 36.4. The first-order valence-electron chi connectivity index (χ1n) is 17.7.